The minimum absolute atomic E-state index is 0.0261. The van der Waals surface area contributed by atoms with Crippen LogP contribution in [0.5, 0.6) is 0 Å². The van der Waals surface area contributed by atoms with Gasteiger partial charge >= 0.3 is 0 Å². The maximum Gasteiger partial charge on any atom is 0.229 e. The van der Waals surface area contributed by atoms with Crippen LogP contribution in [0.15, 0.2) is 30.3 Å². The van der Waals surface area contributed by atoms with E-state index in [2.05, 4.69) is 6.07 Å². The van der Waals surface area contributed by atoms with Gasteiger partial charge in [0, 0.05) is 17.9 Å². The van der Waals surface area contributed by atoms with Crippen molar-refractivity contribution in [2.24, 2.45) is 0 Å². The molecule has 1 amide bonds. The van der Waals surface area contributed by atoms with Gasteiger partial charge in [-0.2, -0.15) is 0 Å². The molecule has 0 fully saturated rings. The molecule has 1 heterocycles. The molecule has 1 aliphatic heterocycles. The average molecular weight is 241 g/mol. The first kappa shape index (κ1) is 10.4. The summed E-state index contributed by atoms with van der Waals surface area (Å²) in [5, 5.41) is 2.24. The van der Waals surface area contributed by atoms with E-state index in [0.29, 0.717) is 4.99 Å². The van der Waals surface area contributed by atoms with Gasteiger partial charge in [0.1, 0.15) is 4.99 Å². The zero-order valence-corrected chi connectivity index (χ0v) is 10.5. The maximum absolute atomic E-state index is 11.8. The van der Waals surface area contributed by atoms with Gasteiger partial charge in [0.15, 0.2) is 0 Å². The summed E-state index contributed by atoms with van der Waals surface area (Å²) in [6, 6.07) is 10.1. The first-order chi connectivity index (χ1) is 8.11. The molecular weight excluding hydrogens is 230 g/mol. The molecule has 2 aromatic rings. The molecule has 0 radical (unpaired) electrons. The molecule has 0 bridgehead atoms. The average Bonchev–Trinajstić information content (AvgIpc) is 2.60. The van der Waals surface area contributed by atoms with E-state index >= 15 is 0 Å². The molecule has 0 spiro atoms. The van der Waals surface area contributed by atoms with Gasteiger partial charge < -0.3 is 0 Å². The lowest BCUT2D eigenvalue weighted by Crippen LogP contribution is -2.31. The number of rotatable bonds is 0. The standard InChI is InChI=1S/C14H11NOS/c1-8-6-7-10-4-3-5-11-12(10)13(8)15(9(2)16)14(11)17/h3-7H,1-2H3. The summed E-state index contributed by atoms with van der Waals surface area (Å²) in [7, 11) is 0. The van der Waals surface area contributed by atoms with Crippen molar-refractivity contribution in [3.63, 3.8) is 0 Å². The highest BCUT2D eigenvalue weighted by atomic mass is 32.1. The number of nitrogens with zero attached hydrogens (tertiary/aromatic N) is 1. The number of anilines is 1. The van der Waals surface area contributed by atoms with Crippen LogP contribution in [0.1, 0.15) is 18.1 Å². The number of thiocarbonyl (C=S) groups is 1. The minimum atomic E-state index is -0.0261. The molecule has 84 valence electrons. The Hall–Kier alpha value is -1.74. The van der Waals surface area contributed by atoms with Crippen LogP contribution in [0.25, 0.3) is 10.8 Å². The second kappa shape index (κ2) is 3.37. The Kier molecular flexibility index (Phi) is 2.07. The highest BCUT2D eigenvalue weighted by Gasteiger charge is 2.30. The lowest BCUT2D eigenvalue weighted by molar-refractivity contribution is -0.115. The van der Waals surface area contributed by atoms with E-state index < -0.39 is 0 Å². The predicted molar refractivity (Wildman–Crippen MR) is 73.5 cm³/mol. The van der Waals surface area contributed by atoms with Gasteiger partial charge in [-0.1, -0.05) is 42.5 Å². The molecule has 2 nitrogen and oxygen atoms in total. The number of aryl methyl sites for hydroxylation is 1. The maximum atomic E-state index is 11.8. The van der Waals surface area contributed by atoms with Crippen molar-refractivity contribution in [3.8, 4) is 0 Å². The van der Waals surface area contributed by atoms with E-state index in [1.165, 1.54) is 0 Å². The Morgan fingerprint density at radius 2 is 2.00 bits per heavy atom. The van der Waals surface area contributed by atoms with E-state index in [1.54, 1.807) is 11.8 Å². The summed E-state index contributed by atoms with van der Waals surface area (Å²) in [6.07, 6.45) is 0. The minimum Gasteiger partial charge on any atom is -0.274 e. The van der Waals surface area contributed by atoms with Crippen LogP contribution in [0, 0.1) is 6.92 Å². The smallest absolute Gasteiger partial charge is 0.229 e. The molecule has 0 unspecified atom stereocenters. The van der Waals surface area contributed by atoms with E-state index in [0.717, 1.165) is 27.6 Å². The highest BCUT2D eigenvalue weighted by molar-refractivity contribution is 7.81. The third-order valence-corrected chi connectivity index (χ3v) is 3.59. The number of carbonyl (C=O) groups is 1. The summed E-state index contributed by atoms with van der Waals surface area (Å²) in [6.45, 7) is 3.56. The van der Waals surface area contributed by atoms with Crippen LogP contribution >= 0.6 is 12.2 Å². The van der Waals surface area contributed by atoms with E-state index in [1.807, 2.05) is 31.2 Å². The van der Waals surface area contributed by atoms with Gasteiger partial charge in [-0.3, -0.25) is 9.69 Å². The molecule has 0 atom stereocenters. The first-order valence-electron chi connectivity index (χ1n) is 5.48. The van der Waals surface area contributed by atoms with Crippen molar-refractivity contribution in [3.05, 3.63) is 41.5 Å². The van der Waals surface area contributed by atoms with E-state index in [-0.39, 0.29) is 5.91 Å². The molecule has 0 aliphatic carbocycles. The molecule has 0 saturated carbocycles. The SMILES string of the molecule is CC(=O)N1C(=S)c2cccc3ccc(C)c1c23. The van der Waals surface area contributed by atoms with Crippen LogP contribution in [-0.4, -0.2) is 10.9 Å². The van der Waals surface area contributed by atoms with Crippen molar-refractivity contribution in [2.75, 3.05) is 4.90 Å². The molecular formula is C14H11NOS. The quantitative estimate of drug-likeness (QED) is 0.660. The molecule has 0 saturated heterocycles. The Morgan fingerprint density at radius 1 is 1.24 bits per heavy atom. The van der Waals surface area contributed by atoms with Gasteiger partial charge in [-0.15, -0.1) is 0 Å². The van der Waals surface area contributed by atoms with Crippen molar-refractivity contribution in [1.29, 1.82) is 0 Å². The zero-order valence-electron chi connectivity index (χ0n) is 9.65. The van der Waals surface area contributed by atoms with Crippen molar-refractivity contribution in [2.45, 2.75) is 13.8 Å². The lowest BCUT2D eigenvalue weighted by Gasteiger charge is -2.17. The topological polar surface area (TPSA) is 20.3 Å². The molecule has 3 heteroatoms. The molecule has 0 N–H and O–H groups in total. The molecule has 1 aliphatic rings. The predicted octanol–water partition coefficient (Wildman–Crippen LogP) is 3.19. The van der Waals surface area contributed by atoms with Crippen molar-refractivity contribution in [1.82, 2.24) is 0 Å². The fourth-order valence-electron chi connectivity index (χ4n) is 2.45. The molecule has 2 aromatic carbocycles. The molecule has 17 heavy (non-hydrogen) atoms. The van der Waals surface area contributed by atoms with Gasteiger partial charge in [0.05, 0.1) is 5.69 Å². The Balaban J connectivity index is 2.49. The summed E-state index contributed by atoms with van der Waals surface area (Å²) in [5.41, 5.74) is 3.03. The number of hydrogen-bond acceptors (Lipinski definition) is 2. The molecule has 3 rings (SSSR count). The number of hydrogen-bond donors (Lipinski definition) is 0. The second-order valence-corrected chi connectivity index (χ2v) is 4.68. The van der Waals surface area contributed by atoms with E-state index in [9.17, 15) is 4.79 Å². The Morgan fingerprint density at radius 3 is 2.71 bits per heavy atom. The normalized spacial score (nSPS) is 13.5. The van der Waals surface area contributed by atoms with Gasteiger partial charge in [-0.05, 0) is 17.9 Å². The number of carbonyl (C=O) groups excluding carboxylic acids is 1. The van der Waals surface area contributed by atoms with Crippen molar-refractivity contribution >= 4 is 39.6 Å². The third-order valence-electron chi connectivity index (χ3n) is 3.19. The van der Waals surface area contributed by atoms with Gasteiger partial charge in [-0.25, -0.2) is 0 Å². The van der Waals surface area contributed by atoms with Crippen LogP contribution in [0.2, 0.25) is 0 Å². The highest BCUT2D eigenvalue weighted by Crippen LogP contribution is 2.40. The van der Waals surface area contributed by atoms with E-state index in [4.69, 9.17) is 12.2 Å². The van der Waals surface area contributed by atoms with Crippen LogP contribution in [0.3, 0.4) is 0 Å². The summed E-state index contributed by atoms with van der Waals surface area (Å²) in [4.78, 5) is 14.0. The van der Waals surface area contributed by atoms with Crippen LogP contribution in [-0.2, 0) is 4.79 Å². The Labute approximate surface area is 105 Å². The Bertz CT molecular complexity index is 675. The first-order valence-corrected chi connectivity index (χ1v) is 5.89. The largest absolute Gasteiger partial charge is 0.274 e. The second-order valence-electron chi connectivity index (χ2n) is 4.29. The third kappa shape index (κ3) is 1.26. The van der Waals surface area contributed by atoms with Gasteiger partial charge in [0.25, 0.3) is 0 Å². The van der Waals surface area contributed by atoms with Gasteiger partial charge in [0.2, 0.25) is 5.91 Å². The molecule has 0 aromatic heterocycles. The summed E-state index contributed by atoms with van der Waals surface area (Å²) in [5.74, 6) is -0.0261. The lowest BCUT2D eigenvalue weighted by atomic mass is 10.0. The number of amides is 1. The zero-order chi connectivity index (χ0) is 12.2. The van der Waals surface area contributed by atoms with Crippen LogP contribution in [0.4, 0.5) is 5.69 Å². The fraction of sp³-hybridized carbons (Fsp3) is 0.143. The van der Waals surface area contributed by atoms with Crippen molar-refractivity contribution < 1.29 is 4.79 Å². The summed E-state index contributed by atoms with van der Waals surface area (Å²) >= 11 is 5.40. The number of benzene rings is 2. The fourth-order valence-corrected chi connectivity index (χ4v) is 2.84. The monoisotopic (exact) mass is 241 g/mol. The van der Waals surface area contributed by atoms with Crippen LogP contribution < -0.4 is 4.90 Å². The summed E-state index contributed by atoms with van der Waals surface area (Å²) < 4.78 is 0.